The fourth-order valence-corrected chi connectivity index (χ4v) is 4.91. The van der Waals surface area contributed by atoms with Gasteiger partial charge >= 0.3 is 0 Å². The first-order chi connectivity index (χ1) is 11.1. The van der Waals surface area contributed by atoms with Crippen molar-refractivity contribution in [3.63, 3.8) is 0 Å². The lowest BCUT2D eigenvalue weighted by Gasteiger charge is -2.36. The van der Waals surface area contributed by atoms with Gasteiger partial charge < -0.3 is 10.2 Å². The summed E-state index contributed by atoms with van der Waals surface area (Å²) in [6.07, 6.45) is 4.97. The fourth-order valence-electron chi connectivity index (χ4n) is 3.92. The van der Waals surface area contributed by atoms with E-state index in [9.17, 15) is 4.79 Å². The molecular weight excluding hydrogens is 306 g/mol. The summed E-state index contributed by atoms with van der Waals surface area (Å²) in [5.74, 6) is 0.192. The van der Waals surface area contributed by atoms with Crippen LogP contribution < -0.4 is 5.32 Å². The second kappa shape index (κ2) is 7.32. The first kappa shape index (κ1) is 16.9. The molecule has 1 N–H and O–H groups in total. The van der Waals surface area contributed by atoms with Crippen molar-refractivity contribution >= 4 is 17.2 Å². The Morgan fingerprint density at radius 1 is 1.30 bits per heavy atom. The first-order valence-electron chi connectivity index (χ1n) is 8.85. The van der Waals surface area contributed by atoms with Gasteiger partial charge in [-0.05, 0) is 38.3 Å². The molecule has 5 heteroatoms. The fraction of sp³-hybridized carbons (Fsp3) is 0.722. The van der Waals surface area contributed by atoms with E-state index in [2.05, 4.69) is 39.7 Å². The highest BCUT2D eigenvalue weighted by molar-refractivity contribution is 7.10. The monoisotopic (exact) mass is 335 g/mol. The molecule has 1 saturated carbocycles. The Labute approximate surface area is 143 Å². The maximum atomic E-state index is 12.6. The van der Waals surface area contributed by atoms with Crippen LogP contribution in [-0.2, 0) is 10.2 Å². The average molecular weight is 336 g/mol. The summed E-state index contributed by atoms with van der Waals surface area (Å²) < 4.78 is 0. The molecule has 1 aliphatic heterocycles. The molecule has 0 bridgehead atoms. The van der Waals surface area contributed by atoms with Crippen molar-refractivity contribution in [2.75, 3.05) is 39.8 Å². The van der Waals surface area contributed by atoms with Crippen molar-refractivity contribution in [3.8, 4) is 0 Å². The van der Waals surface area contributed by atoms with Crippen molar-refractivity contribution < 1.29 is 4.79 Å². The van der Waals surface area contributed by atoms with E-state index in [1.807, 2.05) is 18.3 Å². The highest BCUT2D eigenvalue weighted by Crippen LogP contribution is 2.42. The first-order valence-corrected chi connectivity index (χ1v) is 9.73. The lowest BCUT2D eigenvalue weighted by atomic mass is 9.84. The van der Waals surface area contributed by atoms with Gasteiger partial charge in [0.05, 0.1) is 6.04 Å². The van der Waals surface area contributed by atoms with Crippen molar-refractivity contribution in [2.45, 2.75) is 44.1 Å². The molecule has 1 atom stereocenters. The third-order valence-corrected chi connectivity index (χ3v) is 6.79. The van der Waals surface area contributed by atoms with E-state index in [1.165, 1.54) is 30.6 Å². The third kappa shape index (κ3) is 3.78. The third-order valence-electron chi connectivity index (χ3n) is 5.67. The lowest BCUT2D eigenvalue weighted by molar-refractivity contribution is -0.126. The van der Waals surface area contributed by atoms with Crippen LogP contribution in [0.3, 0.4) is 0 Å². The summed E-state index contributed by atoms with van der Waals surface area (Å²) in [4.78, 5) is 18.7. The predicted molar refractivity (Wildman–Crippen MR) is 96.0 cm³/mol. The Bertz CT molecular complexity index is 502. The Balaban J connectivity index is 1.57. The average Bonchev–Trinajstić information content (AvgIpc) is 3.24. The predicted octanol–water partition coefficient (Wildman–Crippen LogP) is 2.31. The summed E-state index contributed by atoms with van der Waals surface area (Å²) in [7, 11) is 2.15. The highest BCUT2D eigenvalue weighted by atomic mass is 32.1. The van der Waals surface area contributed by atoms with Gasteiger partial charge in [-0.2, -0.15) is 0 Å². The number of hydrogen-bond acceptors (Lipinski definition) is 4. The van der Waals surface area contributed by atoms with Crippen LogP contribution in [0.15, 0.2) is 17.5 Å². The number of amides is 1. The molecule has 0 unspecified atom stereocenters. The highest BCUT2D eigenvalue weighted by Gasteiger charge is 2.37. The molecule has 2 fully saturated rings. The standard InChI is InChI=1S/C18H29N3OS/c1-15(21-11-9-20(2)10-12-21)17(22)19-14-18(7-3-4-8-18)16-6-5-13-23-16/h5-6,13,15H,3-4,7-12,14H2,1-2H3,(H,19,22)/t15-/m0/s1. The van der Waals surface area contributed by atoms with Gasteiger partial charge in [0.1, 0.15) is 0 Å². The number of nitrogens with one attached hydrogen (secondary N) is 1. The number of piperazine rings is 1. The van der Waals surface area contributed by atoms with Crippen LogP contribution in [0, 0.1) is 0 Å². The largest absolute Gasteiger partial charge is 0.354 e. The number of carbonyl (C=O) groups excluding carboxylic acids is 1. The van der Waals surface area contributed by atoms with Gasteiger partial charge in [-0.1, -0.05) is 18.9 Å². The molecule has 3 rings (SSSR count). The zero-order valence-corrected chi connectivity index (χ0v) is 15.2. The Hall–Kier alpha value is -0.910. The Morgan fingerprint density at radius 3 is 2.61 bits per heavy atom. The van der Waals surface area contributed by atoms with Crippen LogP contribution in [0.2, 0.25) is 0 Å². The Kier molecular flexibility index (Phi) is 5.39. The second-order valence-corrected chi connectivity index (χ2v) is 8.15. The van der Waals surface area contributed by atoms with E-state index in [0.717, 1.165) is 32.7 Å². The van der Waals surface area contributed by atoms with Gasteiger partial charge in [0.15, 0.2) is 0 Å². The van der Waals surface area contributed by atoms with E-state index in [1.54, 1.807) is 0 Å². The van der Waals surface area contributed by atoms with Gasteiger partial charge in [-0.3, -0.25) is 9.69 Å². The second-order valence-electron chi connectivity index (χ2n) is 7.20. The molecular formula is C18H29N3OS. The molecule has 1 aliphatic carbocycles. The maximum absolute atomic E-state index is 12.6. The van der Waals surface area contributed by atoms with Gasteiger partial charge in [-0.25, -0.2) is 0 Å². The summed E-state index contributed by atoms with van der Waals surface area (Å²) in [5.41, 5.74) is 0.186. The molecule has 0 radical (unpaired) electrons. The number of hydrogen-bond donors (Lipinski definition) is 1. The smallest absolute Gasteiger partial charge is 0.237 e. The molecule has 0 aromatic carbocycles. The molecule has 128 valence electrons. The molecule has 1 amide bonds. The minimum Gasteiger partial charge on any atom is -0.354 e. The van der Waals surface area contributed by atoms with Crippen LogP contribution in [-0.4, -0.2) is 61.5 Å². The van der Waals surface area contributed by atoms with Crippen LogP contribution >= 0.6 is 11.3 Å². The number of likely N-dealkylation sites (N-methyl/N-ethyl adjacent to an activating group) is 1. The number of thiophene rings is 1. The number of carbonyl (C=O) groups is 1. The van der Waals surface area contributed by atoms with Crippen LogP contribution in [0.4, 0.5) is 0 Å². The van der Waals surface area contributed by atoms with Crippen molar-refractivity contribution in [2.24, 2.45) is 0 Å². The molecule has 2 heterocycles. The number of nitrogens with zero attached hydrogens (tertiary/aromatic N) is 2. The SMILES string of the molecule is C[C@@H](C(=O)NCC1(c2cccs2)CCCC1)N1CCN(C)CC1. The van der Waals surface area contributed by atoms with Crippen molar-refractivity contribution in [3.05, 3.63) is 22.4 Å². The summed E-state index contributed by atoms with van der Waals surface area (Å²) >= 11 is 1.84. The van der Waals surface area contributed by atoms with E-state index in [0.29, 0.717) is 0 Å². The normalized spacial score (nSPS) is 23.7. The van der Waals surface area contributed by atoms with Gasteiger partial charge in [0.25, 0.3) is 0 Å². The zero-order chi connectivity index (χ0) is 16.3. The molecule has 0 spiro atoms. The maximum Gasteiger partial charge on any atom is 0.237 e. The van der Waals surface area contributed by atoms with E-state index in [4.69, 9.17) is 0 Å². The topological polar surface area (TPSA) is 35.6 Å². The van der Waals surface area contributed by atoms with Crippen LogP contribution in [0.5, 0.6) is 0 Å². The van der Waals surface area contributed by atoms with E-state index in [-0.39, 0.29) is 17.4 Å². The minimum atomic E-state index is -0.0227. The van der Waals surface area contributed by atoms with E-state index >= 15 is 0 Å². The van der Waals surface area contributed by atoms with Crippen molar-refractivity contribution in [1.82, 2.24) is 15.1 Å². The van der Waals surface area contributed by atoms with E-state index < -0.39 is 0 Å². The minimum absolute atomic E-state index is 0.0227. The summed E-state index contributed by atoms with van der Waals surface area (Å²) in [6.45, 7) is 6.92. The lowest BCUT2D eigenvalue weighted by Crippen LogP contribution is -2.54. The molecule has 2 aliphatic rings. The van der Waals surface area contributed by atoms with Gasteiger partial charge in [0, 0.05) is 43.0 Å². The van der Waals surface area contributed by atoms with Crippen molar-refractivity contribution in [1.29, 1.82) is 0 Å². The molecule has 23 heavy (non-hydrogen) atoms. The molecule has 4 nitrogen and oxygen atoms in total. The summed E-state index contributed by atoms with van der Waals surface area (Å²) in [6, 6.07) is 4.35. The number of rotatable bonds is 5. The zero-order valence-electron chi connectivity index (χ0n) is 14.4. The molecule has 1 aromatic heterocycles. The van der Waals surface area contributed by atoms with Gasteiger partial charge in [-0.15, -0.1) is 11.3 Å². The Morgan fingerprint density at radius 2 is 2.00 bits per heavy atom. The molecule has 1 aromatic rings. The summed E-state index contributed by atoms with van der Waals surface area (Å²) in [5, 5.41) is 5.43. The van der Waals surface area contributed by atoms with Crippen LogP contribution in [0.1, 0.15) is 37.5 Å². The quantitative estimate of drug-likeness (QED) is 0.897. The van der Waals surface area contributed by atoms with Crippen LogP contribution in [0.25, 0.3) is 0 Å². The molecule has 1 saturated heterocycles. The van der Waals surface area contributed by atoms with Gasteiger partial charge in [0.2, 0.25) is 5.91 Å².